The van der Waals surface area contributed by atoms with Crippen LogP contribution in [0.4, 0.5) is 5.69 Å². The van der Waals surface area contributed by atoms with E-state index < -0.39 is 23.6 Å². The number of nitrogens with one attached hydrogen (secondary N) is 1. The second kappa shape index (κ2) is 9.52. The summed E-state index contributed by atoms with van der Waals surface area (Å²) in [5.74, 6) is 0.285. The predicted octanol–water partition coefficient (Wildman–Crippen LogP) is 4.09. The van der Waals surface area contributed by atoms with Crippen LogP contribution in [0, 0.1) is 0 Å². The topological polar surface area (TPSA) is 83.1 Å². The van der Waals surface area contributed by atoms with Gasteiger partial charge in [0, 0.05) is 16.8 Å². The molecule has 0 aliphatic carbocycles. The number of esters is 1. The van der Waals surface area contributed by atoms with E-state index in [4.69, 9.17) is 30.5 Å². The molecule has 29 heavy (non-hydrogen) atoms. The Hall–Kier alpha value is -2.93. The summed E-state index contributed by atoms with van der Waals surface area (Å²) in [4.78, 5) is 24.9. The third kappa shape index (κ3) is 6.02. The first-order chi connectivity index (χ1) is 13.7. The van der Waals surface area contributed by atoms with Crippen molar-refractivity contribution in [3.05, 3.63) is 47.5 Å². The summed E-state index contributed by atoms with van der Waals surface area (Å²) < 4.78 is 21.3. The number of hydrogen-bond acceptors (Lipinski definition) is 6. The maximum absolute atomic E-state index is 12.5. The van der Waals surface area contributed by atoms with Crippen LogP contribution in [0.15, 0.2) is 42.5 Å². The van der Waals surface area contributed by atoms with Gasteiger partial charge in [-0.15, -0.1) is 0 Å². The van der Waals surface area contributed by atoms with Gasteiger partial charge in [-0.25, -0.2) is 4.79 Å². The summed E-state index contributed by atoms with van der Waals surface area (Å²) in [6.07, 6.45) is -1.04. The van der Waals surface area contributed by atoms with Crippen molar-refractivity contribution in [1.82, 2.24) is 0 Å². The van der Waals surface area contributed by atoms with Crippen LogP contribution < -0.4 is 19.5 Å². The molecule has 7 nitrogen and oxygen atoms in total. The highest BCUT2D eigenvalue weighted by molar-refractivity contribution is 6.30. The van der Waals surface area contributed by atoms with Crippen molar-refractivity contribution in [2.45, 2.75) is 32.5 Å². The first-order valence-corrected chi connectivity index (χ1v) is 9.22. The van der Waals surface area contributed by atoms with Gasteiger partial charge in [-0.3, -0.25) is 4.79 Å². The minimum atomic E-state index is -1.30. The Kier molecular flexibility index (Phi) is 7.34. The first-order valence-electron chi connectivity index (χ1n) is 8.85. The zero-order chi connectivity index (χ0) is 21.6. The molecule has 0 aromatic heterocycles. The third-order valence-corrected chi connectivity index (χ3v) is 4.23. The van der Waals surface area contributed by atoms with Gasteiger partial charge in [-0.1, -0.05) is 11.6 Å². The van der Waals surface area contributed by atoms with Crippen LogP contribution in [0.3, 0.4) is 0 Å². The van der Waals surface area contributed by atoms with Crippen molar-refractivity contribution in [2.24, 2.45) is 0 Å². The fraction of sp³-hybridized carbons (Fsp3) is 0.333. The number of halogens is 1. The van der Waals surface area contributed by atoms with Gasteiger partial charge in [0.05, 0.1) is 14.2 Å². The van der Waals surface area contributed by atoms with E-state index in [2.05, 4.69) is 5.32 Å². The molecule has 0 radical (unpaired) electrons. The number of hydrogen-bond donors (Lipinski definition) is 1. The number of carbonyl (C=O) groups excluding carboxylic acids is 2. The van der Waals surface area contributed by atoms with Crippen LogP contribution in [0.5, 0.6) is 17.2 Å². The SMILES string of the molecule is COc1ccc(NC(=O)C(C)OC(=O)C(C)(C)Oc2ccc(Cl)cc2)cc1OC. The molecule has 1 amide bonds. The summed E-state index contributed by atoms with van der Waals surface area (Å²) in [5.41, 5.74) is -0.821. The van der Waals surface area contributed by atoms with Crippen molar-refractivity contribution in [2.75, 3.05) is 19.5 Å². The van der Waals surface area contributed by atoms with E-state index in [9.17, 15) is 9.59 Å². The third-order valence-electron chi connectivity index (χ3n) is 3.98. The average Bonchev–Trinajstić information content (AvgIpc) is 2.69. The molecule has 156 valence electrons. The summed E-state index contributed by atoms with van der Waals surface area (Å²) in [7, 11) is 3.02. The standard InChI is InChI=1S/C21H24ClNO6/c1-13(19(24)23-15-8-11-17(26-4)18(12-15)27-5)28-20(25)21(2,3)29-16-9-6-14(22)7-10-16/h6-13H,1-5H3,(H,23,24). The van der Waals surface area contributed by atoms with E-state index >= 15 is 0 Å². The molecule has 1 atom stereocenters. The zero-order valence-electron chi connectivity index (χ0n) is 16.9. The maximum Gasteiger partial charge on any atom is 0.350 e. The minimum Gasteiger partial charge on any atom is -0.493 e. The fourth-order valence-corrected chi connectivity index (χ4v) is 2.48. The van der Waals surface area contributed by atoms with Crippen molar-refractivity contribution in [3.63, 3.8) is 0 Å². The summed E-state index contributed by atoms with van der Waals surface area (Å²) in [5, 5.41) is 3.23. The Morgan fingerprint density at radius 2 is 1.62 bits per heavy atom. The van der Waals surface area contributed by atoms with E-state index in [0.717, 1.165) is 0 Å². The lowest BCUT2D eigenvalue weighted by atomic mass is 10.1. The van der Waals surface area contributed by atoms with Gasteiger partial charge >= 0.3 is 5.97 Å². The van der Waals surface area contributed by atoms with E-state index in [1.807, 2.05) is 0 Å². The smallest absolute Gasteiger partial charge is 0.350 e. The van der Waals surface area contributed by atoms with E-state index in [-0.39, 0.29) is 0 Å². The van der Waals surface area contributed by atoms with E-state index in [0.29, 0.717) is 28.0 Å². The second-order valence-electron chi connectivity index (χ2n) is 6.67. The molecule has 0 saturated heterocycles. The monoisotopic (exact) mass is 421 g/mol. The van der Waals surface area contributed by atoms with Crippen LogP contribution in [-0.4, -0.2) is 37.8 Å². The molecule has 2 aromatic carbocycles. The lowest BCUT2D eigenvalue weighted by molar-refractivity contribution is -0.166. The molecule has 1 N–H and O–H groups in total. The molecule has 8 heteroatoms. The number of benzene rings is 2. The molecule has 0 aliphatic rings. The minimum absolute atomic E-state index is 0.457. The summed E-state index contributed by atoms with van der Waals surface area (Å²) >= 11 is 5.85. The average molecular weight is 422 g/mol. The van der Waals surface area contributed by atoms with Gasteiger partial charge in [-0.05, 0) is 57.2 Å². The van der Waals surface area contributed by atoms with Crippen LogP contribution in [0.25, 0.3) is 0 Å². The van der Waals surface area contributed by atoms with Gasteiger partial charge in [-0.2, -0.15) is 0 Å². The van der Waals surface area contributed by atoms with Crippen molar-refractivity contribution in [3.8, 4) is 17.2 Å². The normalized spacial score (nSPS) is 11.9. The zero-order valence-corrected chi connectivity index (χ0v) is 17.7. The van der Waals surface area contributed by atoms with Crippen LogP contribution in [0.2, 0.25) is 5.02 Å². The first kappa shape index (κ1) is 22.4. The Morgan fingerprint density at radius 1 is 1.00 bits per heavy atom. The molecule has 2 rings (SSSR count). The van der Waals surface area contributed by atoms with Gasteiger partial charge in [0.2, 0.25) is 0 Å². The number of anilines is 1. The maximum atomic E-state index is 12.5. The quantitative estimate of drug-likeness (QED) is 0.646. The number of ether oxygens (including phenoxy) is 4. The summed E-state index contributed by atoms with van der Waals surface area (Å²) in [6, 6.07) is 11.5. The number of amides is 1. The van der Waals surface area contributed by atoms with Crippen LogP contribution >= 0.6 is 11.6 Å². The Labute approximate surface area is 174 Å². The highest BCUT2D eigenvalue weighted by atomic mass is 35.5. The summed E-state index contributed by atoms with van der Waals surface area (Å²) in [6.45, 7) is 4.60. The Morgan fingerprint density at radius 3 is 2.21 bits per heavy atom. The highest BCUT2D eigenvalue weighted by Gasteiger charge is 2.34. The molecule has 0 fully saturated rings. The van der Waals surface area contributed by atoms with Gasteiger partial charge in [0.25, 0.3) is 5.91 Å². The molecule has 0 aliphatic heterocycles. The Balaban J connectivity index is 1.98. The van der Waals surface area contributed by atoms with E-state index in [1.165, 1.54) is 21.1 Å². The fourth-order valence-electron chi connectivity index (χ4n) is 2.35. The molecule has 0 bridgehead atoms. The number of methoxy groups -OCH3 is 2. The van der Waals surface area contributed by atoms with Crippen LogP contribution in [0.1, 0.15) is 20.8 Å². The van der Waals surface area contributed by atoms with Crippen LogP contribution in [-0.2, 0) is 14.3 Å². The van der Waals surface area contributed by atoms with Gasteiger partial charge in [0.15, 0.2) is 23.2 Å². The molecule has 0 spiro atoms. The lowest BCUT2D eigenvalue weighted by Gasteiger charge is -2.26. The van der Waals surface area contributed by atoms with Crippen molar-refractivity contribution >= 4 is 29.2 Å². The Bertz CT molecular complexity index is 866. The predicted molar refractivity (Wildman–Crippen MR) is 110 cm³/mol. The van der Waals surface area contributed by atoms with Gasteiger partial charge < -0.3 is 24.3 Å². The molecule has 1 unspecified atom stereocenters. The molecule has 0 saturated carbocycles. The molecule has 2 aromatic rings. The van der Waals surface area contributed by atoms with Crippen molar-refractivity contribution < 1.29 is 28.5 Å². The molecular weight excluding hydrogens is 398 g/mol. The highest BCUT2D eigenvalue weighted by Crippen LogP contribution is 2.30. The second-order valence-corrected chi connectivity index (χ2v) is 7.11. The van der Waals surface area contributed by atoms with Crippen molar-refractivity contribution in [1.29, 1.82) is 0 Å². The molecule has 0 heterocycles. The molecular formula is C21H24ClNO6. The number of carbonyl (C=O) groups is 2. The number of rotatable bonds is 8. The lowest BCUT2D eigenvalue weighted by Crippen LogP contribution is -2.43. The van der Waals surface area contributed by atoms with Gasteiger partial charge in [0.1, 0.15) is 5.75 Å². The van der Waals surface area contributed by atoms with E-state index in [1.54, 1.807) is 56.3 Å². The largest absolute Gasteiger partial charge is 0.493 e.